The molecule has 2 aromatic rings. The van der Waals surface area contributed by atoms with Gasteiger partial charge in [-0.1, -0.05) is 66.7 Å². The fourth-order valence-corrected chi connectivity index (χ4v) is 4.11. The van der Waals surface area contributed by atoms with Crippen molar-refractivity contribution in [2.75, 3.05) is 4.90 Å². The van der Waals surface area contributed by atoms with Crippen LogP contribution in [0.4, 0.5) is 5.69 Å². The van der Waals surface area contributed by atoms with E-state index in [9.17, 15) is 14.9 Å². The van der Waals surface area contributed by atoms with Crippen molar-refractivity contribution in [2.24, 2.45) is 0 Å². The van der Waals surface area contributed by atoms with Crippen LogP contribution in [0.25, 0.3) is 0 Å². The third-order valence-electron chi connectivity index (χ3n) is 4.46. The average Bonchev–Trinajstić information content (AvgIpc) is 3.04. The topological polar surface area (TPSA) is 73.2 Å². The number of hydrogen-bond acceptors (Lipinski definition) is 4. The zero-order valence-corrected chi connectivity index (χ0v) is 16.6. The van der Waals surface area contributed by atoms with Crippen molar-refractivity contribution in [1.82, 2.24) is 5.32 Å². The van der Waals surface area contributed by atoms with Gasteiger partial charge >= 0.3 is 0 Å². The summed E-state index contributed by atoms with van der Waals surface area (Å²) in [5, 5.41) is 12.6. The minimum absolute atomic E-state index is 0.0363. The van der Waals surface area contributed by atoms with Crippen molar-refractivity contribution in [3.8, 4) is 6.07 Å². The number of benzene rings is 2. The highest BCUT2D eigenvalue weighted by Gasteiger charge is 2.39. The van der Waals surface area contributed by atoms with Crippen LogP contribution < -0.4 is 10.2 Å². The summed E-state index contributed by atoms with van der Waals surface area (Å²) < 4.78 is 0. The van der Waals surface area contributed by atoms with Gasteiger partial charge in [0.15, 0.2) is 0 Å². The third kappa shape index (κ3) is 4.10. The minimum Gasteiger partial charge on any atom is -0.347 e. The molecule has 0 aliphatic carbocycles. The van der Waals surface area contributed by atoms with Crippen molar-refractivity contribution < 1.29 is 9.59 Å². The largest absolute Gasteiger partial charge is 0.347 e. The Morgan fingerprint density at radius 3 is 2.46 bits per heavy atom. The number of thioether (sulfide) groups is 1. The molecule has 1 heterocycles. The van der Waals surface area contributed by atoms with Crippen LogP contribution in [0.15, 0.2) is 65.2 Å². The van der Waals surface area contributed by atoms with E-state index in [0.29, 0.717) is 23.7 Å². The van der Waals surface area contributed by atoms with Crippen molar-refractivity contribution in [3.63, 3.8) is 0 Å². The monoisotopic (exact) mass is 391 g/mol. The first-order valence-corrected chi connectivity index (χ1v) is 9.97. The molecule has 0 saturated carbocycles. The number of aryl methyl sites for hydroxylation is 1. The third-order valence-corrected chi connectivity index (χ3v) is 5.89. The van der Waals surface area contributed by atoms with Gasteiger partial charge < -0.3 is 5.32 Å². The maximum absolute atomic E-state index is 12.9. The van der Waals surface area contributed by atoms with E-state index in [2.05, 4.69) is 5.32 Å². The highest BCUT2D eigenvalue weighted by atomic mass is 32.2. The summed E-state index contributed by atoms with van der Waals surface area (Å²) in [4.78, 5) is 27.1. The molecule has 3 rings (SSSR count). The van der Waals surface area contributed by atoms with E-state index in [1.54, 1.807) is 0 Å². The van der Waals surface area contributed by atoms with Crippen LogP contribution in [0.2, 0.25) is 0 Å². The van der Waals surface area contributed by atoms with Crippen molar-refractivity contribution in [3.05, 3.63) is 76.3 Å². The first-order valence-electron chi connectivity index (χ1n) is 9.09. The molecule has 142 valence electrons. The van der Waals surface area contributed by atoms with Gasteiger partial charge in [-0.05, 0) is 31.0 Å². The van der Waals surface area contributed by atoms with Gasteiger partial charge in [-0.15, -0.1) is 0 Å². The van der Waals surface area contributed by atoms with Gasteiger partial charge in [-0.2, -0.15) is 5.26 Å². The molecule has 1 fully saturated rings. The number of nitrogens with one attached hydrogen (secondary N) is 1. The second-order valence-corrected chi connectivity index (χ2v) is 7.68. The fraction of sp³-hybridized carbons (Fsp3) is 0.227. The van der Waals surface area contributed by atoms with Crippen LogP contribution in [0.3, 0.4) is 0 Å². The van der Waals surface area contributed by atoms with Gasteiger partial charge in [0.25, 0.3) is 5.91 Å². The number of nitriles is 1. The molecule has 0 bridgehead atoms. The number of hydrogen-bond donors (Lipinski definition) is 1. The Morgan fingerprint density at radius 2 is 1.86 bits per heavy atom. The molecule has 1 saturated heterocycles. The lowest BCUT2D eigenvalue weighted by Gasteiger charge is -2.19. The summed E-state index contributed by atoms with van der Waals surface area (Å²) in [6.07, 6.45) is 0.625. The molecule has 2 amide bonds. The standard InChI is InChI=1S/C22H21N3O2S/c1-3-19-21(27)25(17-11-9-15(2)10-12-17)22(28-19)18(13-23)20(26)24-14-16-7-5-4-6-8-16/h4-12,19H,3,14H2,1-2H3,(H,24,26). The zero-order chi connectivity index (χ0) is 20.1. The van der Waals surface area contributed by atoms with Crippen molar-refractivity contribution in [1.29, 1.82) is 5.26 Å². The lowest BCUT2D eigenvalue weighted by molar-refractivity contribution is -0.117. The van der Waals surface area contributed by atoms with Crippen LogP contribution in [-0.2, 0) is 16.1 Å². The number of nitrogens with zero attached hydrogens (tertiary/aromatic N) is 2. The molecular formula is C22H21N3O2S. The molecule has 1 aliphatic rings. The van der Waals surface area contributed by atoms with Crippen LogP contribution >= 0.6 is 11.8 Å². The van der Waals surface area contributed by atoms with E-state index in [1.165, 1.54) is 16.7 Å². The number of rotatable bonds is 5. The van der Waals surface area contributed by atoms with E-state index in [1.807, 2.05) is 74.5 Å². The molecule has 2 aromatic carbocycles. The number of carbonyl (C=O) groups is 2. The van der Waals surface area contributed by atoms with Crippen LogP contribution in [0, 0.1) is 18.3 Å². The van der Waals surface area contributed by atoms with Gasteiger partial charge in [0.1, 0.15) is 16.7 Å². The number of carbonyl (C=O) groups excluding carboxylic acids is 2. The highest BCUT2D eigenvalue weighted by molar-refractivity contribution is 8.05. The van der Waals surface area contributed by atoms with E-state index in [4.69, 9.17) is 0 Å². The van der Waals surface area contributed by atoms with Crippen LogP contribution in [0.5, 0.6) is 0 Å². The Balaban J connectivity index is 1.93. The molecule has 28 heavy (non-hydrogen) atoms. The molecule has 1 atom stereocenters. The summed E-state index contributed by atoms with van der Waals surface area (Å²) in [7, 11) is 0. The Bertz CT molecular complexity index is 946. The Labute approximate surface area is 169 Å². The first-order chi connectivity index (χ1) is 13.5. The molecule has 0 aromatic heterocycles. The minimum atomic E-state index is -0.476. The number of anilines is 1. The fourth-order valence-electron chi connectivity index (χ4n) is 2.91. The van der Waals surface area contributed by atoms with E-state index < -0.39 is 5.91 Å². The van der Waals surface area contributed by atoms with Gasteiger partial charge in [0.2, 0.25) is 5.91 Å². The first kappa shape index (κ1) is 19.7. The summed E-state index contributed by atoms with van der Waals surface area (Å²) in [5.74, 6) is -0.578. The molecule has 1 unspecified atom stereocenters. The van der Waals surface area contributed by atoms with Gasteiger partial charge in [0.05, 0.1) is 5.25 Å². The van der Waals surface area contributed by atoms with E-state index in [-0.39, 0.29) is 16.7 Å². The Morgan fingerprint density at radius 1 is 1.18 bits per heavy atom. The lowest BCUT2D eigenvalue weighted by Crippen LogP contribution is -2.31. The lowest BCUT2D eigenvalue weighted by atomic mass is 10.2. The summed E-state index contributed by atoms with van der Waals surface area (Å²) >= 11 is 1.28. The SMILES string of the molecule is CCC1SC(=C(C#N)C(=O)NCc2ccccc2)N(c2ccc(C)cc2)C1=O. The summed E-state index contributed by atoms with van der Waals surface area (Å²) in [6.45, 7) is 4.21. The van der Waals surface area contributed by atoms with E-state index in [0.717, 1.165) is 11.1 Å². The molecule has 0 spiro atoms. The normalized spacial score (nSPS) is 18.0. The predicted octanol–water partition coefficient (Wildman–Crippen LogP) is 3.91. The van der Waals surface area contributed by atoms with Crippen molar-refractivity contribution >= 4 is 29.3 Å². The predicted molar refractivity (Wildman–Crippen MR) is 111 cm³/mol. The van der Waals surface area contributed by atoms with Gasteiger partial charge in [-0.3, -0.25) is 14.5 Å². The molecule has 1 aliphatic heterocycles. The Kier molecular flexibility index (Phi) is 6.17. The maximum atomic E-state index is 12.9. The second kappa shape index (κ2) is 8.77. The molecule has 1 N–H and O–H groups in total. The van der Waals surface area contributed by atoms with Crippen LogP contribution in [0.1, 0.15) is 24.5 Å². The molecule has 0 radical (unpaired) electrons. The number of amides is 2. The average molecular weight is 391 g/mol. The molecule has 6 heteroatoms. The van der Waals surface area contributed by atoms with Gasteiger partial charge in [0, 0.05) is 12.2 Å². The van der Waals surface area contributed by atoms with Gasteiger partial charge in [-0.25, -0.2) is 0 Å². The summed E-state index contributed by atoms with van der Waals surface area (Å²) in [5.41, 5.74) is 2.64. The van der Waals surface area contributed by atoms with Crippen molar-refractivity contribution in [2.45, 2.75) is 32.1 Å². The smallest absolute Gasteiger partial charge is 0.264 e. The zero-order valence-electron chi connectivity index (χ0n) is 15.8. The highest BCUT2D eigenvalue weighted by Crippen LogP contribution is 2.41. The Hall–Kier alpha value is -3.04. The maximum Gasteiger partial charge on any atom is 0.264 e. The molecule has 5 nitrogen and oxygen atoms in total. The quantitative estimate of drug-likeness (QED) is 0.620. The van der Waals surface area contributed by atoms with Crippen LogP contribution in [-0.4, -0.2) is 17.1 Å². The van der Waals surface area contributed by atoms with E-state index >= 15 is 0 Å². The molecular weight excluding hydrogens is 370 g/mol. The summed E-state index contributed by atoms with van der Waals surface area (Å²) in [6, 6.07) is 19.0. The second-order valence-electron chi connectivity index (χ2n) is 6.48.